The van der Waals surface area contributed by atoms with Crippen molar-refractivity contribution in [3.63, 3.8) is 0 Å². The number of carbonyl (C=O) groups excluding carboxylic acids is 2. The molecule has 1 aromatic heterocycles. The summed E-state index contributed by atoms with van der Waals surface area (Å²) in [6.07, 6.45) is 1.49. The van der Waals surface area contributed by atoms with Gasteiger partial charge in [0.1, 0.15) is 5.69 Å². The lowest BCUT2D eigenvalue weighted by Gasteiger charge is -2.15. The minimum absolute atomic E-state index is 0.00745. The standard InChI is InChI=1S/C22H20N2O4/c25-21-10-5-11-24(21)14-16-6-4-9-18(12-16)22(26)27-15-19-13-20(23-28-19)17-7-2-1-3-8-17/h1-4,6-9,12-13H,5,10-11,14-15H2. The minimum atomic E-state index is -0.438. The van der Waals surface area contributed by atoms with Gasteiger partial charge in [-0.2, -0.15) is 0 Å². The van der Waals surface area contributed by atoms with Crippen LogP contribution in [0.15, 0.2) is 65.2 Å². The zero-order valence-electron chi connectivity index (χ0n) is 15.3. The summed E-state index contributed by atoms with van der Waals surface area (Å²) in [4.78, 5) is 26.0. The van der Waals surface area contributed by atoms with Gasteiger partial charge < -0.3 is 14.2 Å². The molecule has 6 nitrogen and oxygen atoms in total. The van der Waals surface area contributed by atoms with Gasteiger partial charge in [-0.3, -0.25) is 4.79 Å². The predicted molar refractivity (Wildman–Crippen MR) is 102 cm³/mol. The number of ether oxygens (including phenoxy) is 1. The van der Waals surface area contributed by atoms with Crippen LogP contribution < -0.4 is 0 Å². The number of esters is 1. The van der Waals surface area contributed by atoms with Gasteiger partial charge in [-0.1, -0.05) is 47.6 Å². The van der Waals surface area contributed by atoms with E-state index < -0.39 is 5.97 Å². The van der Waals surface area contributed by atoms with Crippen molar-refractivity contribution < 1.29 is 18.8 Å². The highest BCUT2D eigenvalue weighted by atomic mass is 16.5. The first-order chi connectivity index (χ1) is 13.7. The van der Waals surface area contributed by atoms with Crippen molar-refractivity contribution in [2.45, 2.75) is 26.0 Å². The van der Waals surface area contributed by atoms with Crippen LogP contribution in [0.2, 0.25) is 0 Å². The van der Waals surface area contributed by atoms with E-state index in [4.69, 9.17) is 9.26 Å². The van der Waals surface area contributed by atoms with Crippen LogP contribution in [0.5, 0.6) is 0 Å². The van der Waals surface area contributed by atoms with Crippen LogP contribution in [-0.2, 0) is 22.7 Å². The Labute approximate surface area is 162 Å². The fourth-order valence-electron chi connectivity index (χ4n) is 3.23. The third-order valence-electron chi connectivity index (χ3n) is 4.68. The number of hydrogen-bond acceptors (Lipinski definition) is 5. The van der Waals surface area contributed by atoms with E-state index >= 15 is 0 Å². The molecule has 3 aromatic rings. The fourth-order valence-corrected chi connectivity index (χ4v) is 3.23. The molecule has 1 saturated heterocycles. The van der Waals surface area contributed by atoms with Gasteiger partial charge >= 0.3 is 5.97 Å². The van der Waals surface area contributed by atoms with E-state index in [1.54, 1.807) is 24.3 Å². The highest BCUT2D eigenvalue weighted by molar-refractivity contribution is 5.89. The van der Waals surface area contributed by atoms with Gasteiger partial charge in [0.15, 0.2) is 12.4 Å². The molecular weight excluding hydrogens is 356 g/mol. The first kappa shape index (κ1) is 18.0. The van der Waals surface area contributed by atoms with Crippen molar-refractivity contribution in [1.82, 2.24) is 10.1 Å². The number of rotatable bonds is 6. The molecule has 0 bridgehead atoms. The molecule has 0 atom stereocenters. The molecule has 0 unspecified atom stereocenters. The minimum Gasteiger partial charge on any atom is -0.454 e. The monoisotopic (exact) mass is 376 g/mol. The maximum atomic E-state index is 12.4. The van der Waals surface area contributed by atoms with Crippen LogP contribution in [0.4, 0.5) is 0 Å². The van der Waals surface area contributed by atoms with Crippen LogP contribution in [0.1, 0.15) is 34.5 Å². The second-order valence-corrected chi connectivity index (χ2v) is 6.74. The zero-order chi connectivity index (χ0) is 19.3. The van der Waals surface area contributed by atoms with Crippen LogP contribution in [-0.4, -0.2) is 28.5 Å². The van der Waals surface area contributed by atoms with Gasteiger partial charge in [0, 0.05) is 31.1 Å². The molecule has 1 fully saturated rings. The Morgan fingerprint density at radius 2 is 1.96 bits per heavy atom. The summed E-state index contributed by atoms with van der Waals surface area (Å²) in [6.45, 7) is 1.29. The van der Waals surface area contributed by atoms with Crippen molar-refractivity contribution >= 4 is 11.9 Å². The Balaban J connectivity index is 1.37. The quantitative estimate of drug-likeness (QED) is 0.612. The number of hydrogen-bond donors (Lipinski definition) is 0. The highest BCUT2D eigenvalue weighted by Crippen LogP contribution is 2.20. The molecule has 2 aromatic carbocycles. The Bertz CT molecular complexity index is 981. The second-order valence-electron chi connectivity index (χ2n) is 6.74. The first-order valence-corrected chi connectivity index (χ1v) is 9.24. The SMILES string of the molecule is O=C(OCc1cc(-c2ccccc2)no1)c1cccc(CN2CCCC2=O)c1. The van der Waals surface area contributed by atoms with E-state index in [9.17, 15) is 9.59 Å². The summed E-state index contributed by atoms with van der Waals surface area (Å²) in [5, 5.41) is 4.01. The average Bonchev–Trinajstić information content (AvgIpc) is 3.36. The molecule has 1 aliphatic rings. The van der Waals surface area contributed by atoms with Gasteiger partial charge in [-0.25, -0.2) is 4.79 Å². The number of nitrogens with zero attached hydrogens (tertiary/aromatic N) is 2. The Hall–Kier alpha value is -3.41. The topological polar surface area (TPSA) is 72.6 Å². The molecule has 142 valence electrons. The third-order valence-corrected chi connectivity index (χ3v) is 4.68. The summed E-state index contributed by atoms with van der Waals surface area (Å²) < 4.78 is 10.6. The smallest absolute Gasteiger partial charge is 0.338 e. The third kappa shape index (κ3) is 4.11. The molecule has 2 heterocycles. The van der Waals surface area contributed by atoms with Crippen LogP contribution in [0.3, 0.4) is 0 Å². The van der Waals surface area contributed by atoms with Crippen molar-refractivity contribution in [2.75, 3.05) is 6.54 Å². The van der Waals surface area contributed by atoms with Gasteiger partial charge in [-0.15, -0.1) is 0 Å². The van der Waals surface area contributed by atoms with Crippen molar-refractivity contribution in [3.8, 4) is 11.3 Å². The van der Waals surface area contributed by atoms with Gasteiger partial charge in [-0.05, 0) is 24.1 Å². The molecule has 0 N–H and O–H groups in total. The summed E-state index contributed by atoms with van der Waals surface area (Å²) in [7, 11) is 0. The lowest BCUT2D eigenvalue weighted by Crippen LogP contribution is -2.23. The van der Waals surface area contributed by atoms with Crippen LogP contribution in [0, 0.1) is 0 Å². The van der Waals surface area contributed by atoms with E-state index in [1.807, 2.05) is 41.3 Å². The maximum Gasteiger partial charge on any atom is 0.338 e. The van der Waals surface area contributed by atoms with Gasteiger partial charge in [0.05, 0.1) is 5.56 Å². The average molecular weight is 376 g/mol. The van der Waals surface area contributed by atoms with E-state index in [0.29, 0.717) is 30.0 Å². The Morgan fingerprint density at radius 1 is 1.11 bits per heavy atom. The zero-order valence-corrected chi connectivity index (χ0v) is 15.3. The normalized spacial score (nSPS) is 13.7. The molecule has 0 radical (unpaired) electrons. The van der Waals surface area contributed by atoms with E-state index in [0.717, 1.165) is 24.1 Å². The van der Waals surface area contributed by atoms with E-state index in [1.165, 1.54) is 0 Å². The molecule has 0 aliphatic carbocycles. The van der Waals surface area contributed by atoms with Crippen molar-refractivity contribution in [2.24, 2.45) is 0 Å². The number of benzene rings is 2. The summed E-state index contributed by atoms with van der Waals surface area (Å²) in [5.41, 5.74) is 3.00. The van der Waals surface area contributed by atoms with Crippen molar-refractivity contribution in [3.05, 3.63) is 77.6 Å². The molecule has 4 rings (SSSR count). The number of carbonyl (C=O) groups is 2. The Morgan fingerprint density at radius 3 is 2.75 bits per heavy atom. The van der Waals surface area contributed by atoms with Gasteiger partial charge in [0.2, 0.25) is 5.91 Å². The van der Waals surface area contributed by atoms with E-state index in [-0.39, 0.29) is 12.5 Å². The lowest BCUT2D eigenvalue weighted by molar-refractivity contribution is -0.128. The largest absolute Gasteiger partial charge is 0.454 e. The first-order valence-electron chi connectivity index (χ1n) is 9.24. The summed E-state index contributed by atoms with van der Waals surface area (Å²) >= 11 is 0. The Kier molecular flexibility index (Phi) is 5.19. The molecule has 6 heteroatoms. The molecule has 1 aliphatic heterocycles. The molecule has 0 spiro atoms. The molecule has 28 heavy (non-hydrogen) atoms. The van der Waals surface area contributed by atoms with Gasteiger partial charge in [0.25, 0.3) is 0 Å². The molecular formula is C22H20N2O4. The summed E-state index contributed by atoms with van der Waals surface area (Å²) in [5.74, 6) is 0.200. The lowest BCUT2D eigenvalue weighted by atomic mass is 10.1. The highest BCUT2D eigenvalue weighted by Gasteiger charge is 2.20. The number of likely N-dealkylation sites (tertiary alicyclic amines) is 1. The number of aromatic nitrogens is 1. The maximum absolute atomic E-state index is 12.4. The van der Waals surface area contributed by atoms with E-state index in [2.05, 4.69) is 5.16 Å². The summed E-state index contributed by atoms with van der Waals surface area (Å²) in [6, 6.07) is 18.6. The molecule has 1 amide bonds. The number of amides is 1. The van der Waals surface area contributed by atoms with Crippen LogP contribution in [0.25, 0.3) is 11.3 Å². The second kappa shape index (κ2) is 8.08. The van der Waals surface area contributed by atoms with Crippen LogP contribution >= 0.6 is 0 Å². The predicted octanol–water partition coefficient (Wildman–Crippen LogP) is 3.82. The fraction of sp³-hybridized carbons (Fsp3) is 0.227. The molecule has 0 saturated carbocycles. The van der Waals surface area contributed by atoms with Crippen molar-refractivity contribution in [1.29, 1.82) is 0 Å².